The summed E-state index contributed by atoms with van der Waals surface area (Å²) in [5.41, 5.74) is 0. The molecule has 14 heavy (non-hydrogen) atoms. The second kappa shape index (κ2) is 4.98. The standard InChI is InChI=1S/C10H17NO3/c1-3-4-7-11(2)10(13)8-5-6-9(12)14-8/h8H,3-7H2,1-2H3. The van der Waals surface area contributed by atoms with Gasteiger partial charge in [-0.25, -0.2) is 0 Å². The van der Waals surface area contributed by atoms with Crippen LogP contribution in [0.5, 0.6) is 0 Å². The van der Waals surface area contributed by atoms with Crippen molar-refractivity contribution in [3.8, 4) is 0 Å². The van der Waals surface area contributed by atoms with Crippen molar-refractivity contribution in [2.24, 2.45) is 0 Å². The molecule has 80 valence electrons. The molecule has 0 bridgehead atoms. The first-order valence-electron chi connectivity index (χ1n) is 5.09. The first-order valence-corrected chi connectivity index (χ1v) is 5.09. The largest absolute Gasteiger partial charge is 0.452 e. The molecule has 0 radical (unpaired) electrons. The molecule has 4 nitrogen and oxygen atoms in total. The predicted molar refractivity (Wildman–Crippen MR) is 51.7 cm³/mol. The lowest BCUT2D eigenvalue weighted by Gasteiger charge is -2.19. The van der Waals surface area contributed by atoms with Crippen LogP contribution < -0.4 is 0 Å². The molecule has 1 fully saturated rings. The van der Waals surface area contributed by atoms with Gasteiger partial charge in [-0.3, -0.25) is 9.59 Å². The Balaban J connectivity index is 2.36. The first kappa shape index (κ1) is 11.0. The van der Waals surface area contributed by atoms with E-state index in [1.165, 1.54) is 0 Å². The van der Waals surface area contributed by atoms with Crippen LogP contribution >= 0.6 is 0 Å². The molecule has 0 aromatic carbocycles. The number of carbonyl (C=O) groups excluding carboxylic acids is 2. The first-order chi connectivity index (χ1) is 6.65. The number of esters is 1. The monoisotopic (exact) mass is 199 g/mol. The maximum absolute atomic E-state index is 11.6. The molecule has 0 aromatic rings. The molecule has 0 saturated carbocycles. The highest BCUT2D eigenvalue weighted by atomic mass is 16.6. The second-order valence-corrected chi connectivity index (χ2v) is 3.63. The Morgan fingerprint density at radius 1 is 1.64 bits per heavy atom. The van der Waals surface area contributed by atoms with Crippen LogP contribution in [0.4, 0.5) is 0 Å². The molecule has 1 amide bonds. The number of unbranched alkanes of at least 4 members (excludes halogenated alkanes) is 1. The van der Waals surface area contributed by atoms with Gasteiger partial charge in [0.1, 0.15) is 0 Å². The summed E-state index contributed by atoms with van der Waals surface area (Å²) in [6.07, 6.45) is 2.43. The van der Waals surface area contributed by atoms with Gasteiger partial charge in [0.05, 0.1) is 0 Å². The van der Waals surface area contributed by atoms with Crippen LogP contribution in [0, 0.1) is 0 Å². The van der Waals surface area contributed by atoms with Crippen molar-refractivity contribution in [3.63, 3.8) is 0 Å². The van der Waals surface area contributed by atoms with Crippen LogP contribution in [0.15, 0.2) is 0 Å². The molecular weight excluding hydrogens is 182 g/mol. The van der Waals surface area contributed by atoms with Crippen molar-refractivity contribution in [2.75, 3.05) is 13.6 Å². The van der Waals surface area contributed by atoms with Crippen molar-refractivity contribution in [1.29, 1.82) is 0 Å². The van der Waals surface area contributed by atoms with E-state index in [4.69, 9.17) is 4.74 Å². The molecule has 1 unspecified atom stereocenters. The highest BCUT2D eigenvalue weighted by Gasteiger charge is 2.31. The van der Waals surface area contributed by atoms with Gasteiger partial charge in [-0.15, -0.1) is 0 Å². The Labute approximate surface area is 84.2 Å². The maximum Gasteiger partial charge on any atom is 0.306 e. The number of cyclic esters (lactones) is 1. The van der Waals surface area contributed by atoms with E-state index in [9.17, 15) is 9.59 Å². The average molecular weight is 199 g/mol. The number of hydrogen-bond donors (Lipinski definition) is 0. The summed E-state index contributed by atoms with van der Waals surface area (Å²) >= 11 is 0. The van der Waals surface area contributed by atoms with E-state index < -0.39 is 6.10 Å². The smallest absolute Gasteiger partial charge is 0.306 e. The Morgan fingerprint density at radius 2 is 2.36 bits per heavy atom. The number of likely N-dealkylation sites (N-methyl/N-ethyl adjacent to an activating group) is 1. The SMILES string of the molecule is CCCCN(C)C(=O)C1CCC(=O)O1. The van der Waals surface area contributed by atoms with Crippen molar-refractivity contribution in [2.45, 2.75) is 38.7 Å². The molecule has 0 aliphatic carbocycles. The molecule has 1 aliphatic rings. The zero-order valence-corrected chi connectivity index (χ0v) is 8.78. The maximum atomic E-state index is 11.6. The number of hydrogen-bond acceptors (Lipinski definition) is 3. The summed E-state index contributed by atoms with van der Waals surface area (Å²) in [6.45, 7) is 2.82. The van der Waals surface area contributed by atoms with E-state index in [-0.39, 0.29) is 11.9 Å². The molecule has 1 rings (SSSR count). The highest BCUT2D eigenvalue weighted by Crippen LogP contribution is 2.15. The Hall–Kier alpha value is -1.06. The van der Waals surface area contributed by atoms with E-state index in [0.717, 1.165) is 19.4 Å². The average Bonchev–Trinajstić information content (AvgIpc) is 2.60. The summed E-state index contributed by atoms with van der Waals surface area (Å²) in [6, 6.07) is 0. The predicted octanol–water partition coefficient (Wildman–Crippen LogP) is 0.950. The molecular formula is C10H17NO3. The van der Waals surface area contributed by atoms with E-state index in [0.29, 0.717) is 12.8 Å². The fourth-order valence-electron chi connectivity index (χ4n) is 1.45. The van der Waals surface area contributed by atoms with Gasteiger partial charge in [0.25, 0.3) is 5.91 Å². The summed E-state index contributed by atoms with van der Waals surface area (Å²) in [4.78, 5) is 24.1. The van der Waals surface area contributed by atoms with E-state index in [1.54, 1.807) is 11.9 Å². The van der Waals surface area contributed by atoms with Crippen LogP contribution in [0.2, 0.25) is 0 Å². The minimum atomic E-state index is -0.524. The van der Waals surface area contributed by atoms with Gasteiger partial charge in [-0.05, 0) is 6.42 Å². The highest BCUT2D eigenvalue weighted by molar-refractivity contribution is 5.86. The lowest BCUT2D eigenvalue weighted by atomic mass is 10.2. The topological polar surface area (TPSA) is 46.6 Å². The fourth-order valence-corrected chi connectivity index (χ4v) is 1.45. The number of nitrogens with zero attached hydrogens (tertiary/aromatic N) is 1. The zero-order valence-electron chi connectivity index (χ0n) is 8.78. The lowest BCUT2D eigenvalue weighted by molar-refractivity contribution is -0.152. The summed E-state index contributed by atoms with van der Waals surface area (Å²) in [7, 11) is 1.75. The van der Waals surface area contributed by atoms with Gasteiger partial charge in [0.15, 0.2) is 6.10 Å². The van der Waals surface area contributed by atoms with Crippen molar-refractivity contribution in [1.82, 2.24) is 4.90 Å². The van der Waals surface area contributed by atoms with E-state index >= 15 is 0 Å². The molecule has 1 saturated heterocycles. The van der Waals surface area contributed by atoms with Crippen molar-refractivity contribution in [3.05, 3.63) is 0 Å². The molecule has 1 aliphatic heterocycles. The molecule has 4 heteroatoms. The van der Waals surface area contributed by atoms with Crippen LogP contribution in [-0.4, -0.2) is 36.5 Å². The lowest BCUT2D eigenvalue weighted by Crippen LogP contribution is -2.36. The van der Waals surface area contributed by atoms with E-state index in [2.05, 4.69) is 6.92 Å². The zero-order chi connectivity index (χ0) is 10.6. The summed E-state index contributed by atoms with van der Waals surface area (Å²) < 4.78 is 4.89. The number of rotatable bonds is 4. The Bertz CT molecular complexity index is 227. The number of amides is 1. The number of carbonyl (C=O) groups is 2. The minimum Gasteiger partial charge on any atom is -0.452 e. The molecule has 1 heterocycles. The van der Waals surface area contributed by atoms with Gasteiger partial charge in [0, 0.05) is 26.4 Å². The van der Waals surface area contributed by atoms with Gasteiger partial charge in [-0.2, -0.15) is 0 Å². The van der Waals surface area contributed by atoms with Crippen LogP contribution in [0.1, 0.15) is 32.6 Å². The molecule has 1 atom stereocenters. The van der Waals surface area contributed by atoms with Gasteiger partial charge >= 0.3 is 5.97 Å². The number of ether oxygens (including phenoxy) is 1. The second-order valence-electron chi connectivity index (χ2n) is 3.63. The normalized spacial score (nSPS) is 20.7. The van der Waals surface area contributed by atoms with Gasteiger partial charge < -0.3 is 9.64 Å². The van der Waals surface area contributed by atoms with Crippen LogP contribution in [0.25, 0.3) is 0 Å². The minimum absolute atomic E-state index is 0.0655. The van der Waals surface area contributed by atoms with Crippen molar-refractivity contribution >= 4 is 11.9 Å². The van der Waals surface area contributed by atoms with Gasteiger partial charge in [-0.1, -0.05) is 13.3 Å². The summed E-state index contributed by atoms with van der Waals surface area (Å²) in [5, 5.41) is 0. The molecule has 0 N–H and O–H groups in total. The Kier molecular flexibility index (Phi) is 3.92. The third-order valence-corrected chi connectivity index (χ3v) is 2.38. The molecule has 0 spiro atoms. The third kappa shape index (κ3) is 2.72. The Morgan fingerprint density at radius 3 is 2.86 bits per heavy atom. The fraction of sp³-hybridized carbons (Fsp3) is 0.800. The van der Waals surface area contributed by atoms with E-state index in [1.807, 2.05) is 0 Å². The summed E-state index contributed by atoms with van der Waals surface area (Å²) in [5.74, 6) is -0.323. The third-order valence-electron chi connectivity index (χ3n) is 2.38. The van der Waals surface area contributed by atoms with Crippen molar-refractivity contribution < 1.29 is 14.3 Å². The molecule has 0 aromatic heterocycles. The van der Waals surface area contributed by atoms with Crippen LogP contribution in [-0.2, 0) is 14.3 Å². The van der Waals surface area contributed by atoms with Gasteiger partial charge in [0.2, 0.25) is 0 Å². The van der Waals surface area contributed by atoms with Crippen LogP contribution in [0.3, 0.4) is 0 Å². The quantitative estimate of drug-likeness (QED) is 0.633.